The van der Waals surface area contributed by atoms with E-state index < -0.39 is 23.1 Å². The SMILES string of the molecule is CCOc1cc(C=NN=C2NC(=O)C(CC(=O)O)S2)ccc1OC(C)=O. The number of rotatable bonds is 7. The molecule has 0 saturated carbocycles. The van der Waals surface area contributed by atoms with Gasteiger partial charge in [-0.05, 0) is 30.7 Å². The van der Waals surface area contributed by atoms with Gasteiger partial charge in [-0.1, -0.05) is 11.8 Å². The topological polar surface area (TPSA) is 127 Å². The second-order valence-electron chi connectivity index (χ2n) is 5.08. The molecule has 1 unspecified atom stereocenters. The normalized spacial score (nSPS) is 18.2. The van der Waals surface area contributed by atoms with E-state index in [2.05, 4.69) is 15.5 Å². The molecule has 0 aliphatic carbocycles. The molecule has 1 aromatic carbocycles. The van der Waals surface area contributed by atoms with E-state index in [0.29, 0.717) is 23.7 Å². The Balaban J connectivity index is 2.08. The van der Waals surface area contributed by atoms with Crippen molar-refractivity contribution in [2.75, 3.05) is 6.61 Å². The zero-order valence-electron chi connectivity index (χ0n) is 14.1. The number of carboxylic acids is 1. The van der Waals surface area contributed by atoms with Gasteiger partial charge < -0.3 is 19.9 Å². The van der Waals surface area contributed by atoms with Crippen LogP contribution in [0.1, 0.15) is 25.8 Å². The fourth-order valence-electron chi connectivity index (χ4n) is 2.01. The average molecular weight is 379 g/mol. The summed E-state index contributed by atoms with van der Waals surface area (Å²) >= 11 is 1.02. The molecule has 0 aromatic heterocycles. The van der Waals surface area contributed by atoms with Gasteiger partial charge in [0.2, 0.25) is 5.91 Å². The van der Waals surface area contributed by atoms with Gasteiger partial charge in [-0.15, -0.1) is 5.10 Å². The van der Waals surface area contributed by atoms with Crippen molar-refractivity contribution < 1.29 is 29.0 Å². The number of nitrogens with zero attached hydrogens (tertiary/aromatic N) is 2. The predicted octanol–water partition coefficient (Wildman–Crippen LogP) is 1.41. The number of hydrogen-bond acceptors (Lipinski definition) is 8. The zero-order valence-corrected chi connectivity index (χ0v) is 14.9. The summed E-state index contributed by atoms with van der Waals surface area (Å²) in [7, 11) is 0. The van der Waals surface area contributed by atoms with Crippen LogP contribution in [0.4, 0.5) is 0 Å². The maximum absolute atomic E-state index is 11.6. The number of carbonyl (C=O) groups is 3. The van der Waals surface area contributed by atoms with E-state index in [1.807, 2.05) is 0 Å². The maximum atomic E-state index is 11.6. The quantitative estimate of drug-likeness (QED) is 0.317. The van der Waals surface area contributed by atoms with Gasteiger partial charge in [-0.3, -0.25) is 14.4 Å². The number of benzene rings is 1. The smallest absolute Gasteiger partial charge is 0.308 e. The molecule has 1 fully saturated rings. The number of aliphatic carboxylic acids is 1. The molecule has 1 amide bonds. The van der Waals surface area contributed by atoms with Crippen LogP contribution in [0.15, 0.2) is 28.4 Å². The molecule has 0 bridgehead atoms. The minimum Gasteiger partial charge on any atom is -0.490 e. The Kier molecular flexibility index (Phi) is 6.73. The fourth-order valence-corrected chi connectivity index (χ4v) is 2.92. The van der Waals surface area contributed by atoms with Gasteiger partial charge in [-0.25, -0.2) is 0 Å². The van der Waals surface area contributed by atoms with Crippen molar-refractivity contribution in [3.8, 4) is 11.5 Å². The van der Waals surface area contributed by atoms with Gasteiger partial charge >= 0.3 is 11.9 Å². The first-order chi connectivity index (χ1) is 12.4. The number of hydrogen-bond donors (Lipinski definition) is 2. The number of nitrogens with one attached hydrogen (secondary N) is 1. The van der Waals surface area contributed by atoms with Crippen molar-refractivity contribution in [1.29, 1.82) is 0 Å². The van der Waals surface area contributed by atoms with Crippen molar-refractivity contribution in [2.24, 2.45) is 10.2 Å². The van der Waals surface area contributed by atoms with Gasteiger partial charge in [-0.2, -0.15) is 5.10 Å². The molecule has 1 heterocycles. The standard InChI is InChI=1S/C16H17N3O6S/c1-3-24-12-6-10(4-5-11(12)25-9(2)20)8-17-19-16-18-15(23)13(26-16)7-14(21)22/h4-6,8,13H,3,7H2,1-2H3,(H,21,22)(H,18,19,23). The molecule has 0 radical (unpaired) electrons. The van der Waals surface area contributed by atoms with E-state index >= 15 is 0 Å². The summed E-state index contributed by atoms with van der Waals surface area (Å²) in [5.74, 6) is -1.22. The van der Waals surface area contributed by atoms with Crippen LogP contribution in [0.2, 0.25) is 0 Å². The molecule has 1 aromatic rings. The number of amides is 1. The Bertz CT molecular complexity index is 777. The molecule has 9 nitrogen and oxygen atoms in total. The molecule has 10 heteroatoms. The molecule has 1 aliphatic rings. The molecule has 0 spiro atoms. The molecule has 26 heavy (non-hydrogen) atoms. The Morgan fingerprint density at radius 3 is 2.81 bits per heavy atom. The average Bonchev–Trinajstić information content (AvgIpc) is 2.89. The van der Waals surface area contributed by atoms with Gasteiger partial charge in [0.25, 0.3) is 0 Å². The van der Waals surface area contributed by atoms with E-state index in [9.17, 15) is 14.4 Å². The molecule has 1 atom stereocenters. The van der Waals surface area contributed by atoms with Gasteiger partial charge in [0, 0.05) is 6.92 Å². The van der Waals surface area contributed by atoms with E-state index in [-0.39, 0.29) is 11.6 Å². The third-order valence-corrected chi connectivity index (χ3v) is 4.09. The van der Waals surface area contributed by atoms with Crippen LogP contribution in [-0.2, 0) is 14.4 Å². The predicted molar refractivity (Wildman–Crippen MR) is 95.7 cm³/mol. The van der Waals surface area contributed by atoms with Crippen molar-refractivity contribution >= 4 is 41.0 Å². The summed E-state index contributed by atoms with van der Waals surface area (Å²) in [4.78, 5) is 33.4. The Labute approximate surface area is 153 Å². The third-order valence-electron chi connectivity index (χ3n) is 3.01. The highest BCUT2D eigenvalue weighted by Crippen LogP contribution is 2.28. The molecule has 138 valence electrons. The molecule has 1 saturated heterocycles. The lowest BCUT2D eigenvalue weighted by atomic mass is 10.2. The number of thioether (sulfide) groups is 1. The summed E-state index contributed by atoms with van der Waals surface area (Å²) < 4.78 is 10.5. The Morgan fingerprint density at radius 1 is 1.38 bits per heavy atom. The minimum atomic E-state index is -1.06. The number of amidine groups is 1. The zero-order chi connectivity index (χ0) is 19.1. The number of carbonyl (C=O) groups excluding carboxylic acids is 2. The van der Waals surface area contributed by atoms with Crippen LogP contribution in [0.25, 0.3) is 0 Å². The lowest BCUT2D eigenvalue weighted by Crippen LogP contribution is -2.26. The summed E-state index contributed by atoms with van der Waals surface area (Å²) in [6.45, 7) is 3.50. The van der Waals surface area contributed by atoms with Crippen molar-refractivity contribution in [3.05, 3.63) is 23.8 Å². The van der Waals surface area contributed by atoms with E-state index in [1.54, 1.807) is 25.1 Å². The molecular weight excluding hydrogens is 362 g/mol. The summed E-state index contributed by atoms with van der Waals surface area (Å²) in [5, 5.41) is 18.5. The molecule has 1 aliphatic heterocycles. The van der Waals surface area contributed by atoms with Gasteiger partial charge in [0.05, 0.1) is 19.2 Å². The first-order valence-electron chi connectivity index (χ1n) is 7.64. The van der Waals surface area contributed by atoms with Crippen molar-refractivity contribution in [2.45, 2.75) is 25.5 Å². The molecular formula is C16H17N3O6S. The highest BCUT2D eigenvalue weighted by atomic mass is 32.2. The number of carboxylic acid groups (broad SMARTS) is 1. The van der Waals surface area contributed by atoms with E-state index in [0.717, 1.165) is 11.8 Å². The maximum Gasteiger partial charge on any atom is 0.308 e. The largest absolute Gasteiger partial charge is 0.490 e. The lowest BCUT2D eigenvalue weighted by Gasteiger charge is -2.09. The fraction of sp³-hybridized carbons (Fsp3) is 0.312. The second kappa shape index (κ2) is 8.99. The van der Waals surface area contributed by atoms with Crippen LogP contribution in [0.5, 0.6) is 11.5 Å². The van der Waals surface area contributed by atoms with Crippen LogP contribution < -0.4 is 14.8 Å². The molecule has 2 N–H and O–H groups in total. The first-order valence-corrected chi connectivity index (χ1v) is 8.52. The highest BCUT2D eigenvalue weighted by Gasteiger charge is 2.32. The van der Waals surface area contributed by atoms with Crippen molar-refractivity contribution in [3.63, 3.8) is 0 Å². The highest BCUT2D eigenvalue weighted by molar-refractivity contribution is 8.15. The second-order valence-corrected chi connectivity index (χ2v) is 6.27. The third kappa shape index (κ3) is 5.59. The number of esters is 1. The summed E-state index contributed by atoms with van der Waals surface area (Å²) in [6, 6.07) is 4.88. The van der Waals surface area contributed by atoms with Crippen LogP contribution in [0, 0.1) is 0 Å². The monoisotopic (exact) mass is 379 g/mol. The minimum absolute atomic E-state index is 0.235. The van der Waals surface area contributed by atoms with Crippen molar-refractivity contribution in [1.82, 2.24) is 5.32 Å². The van der Waals surface area contributed by atoms with Crippen LogP contribution in [0.3, 0.4) is 0 Å². The summed E-state index contributed by atoms with van der Waals surface area (Å²) in [6.07, 6.45) is 1.15. The Morgan fingerprint density at radius 2 is 2.15 bits per heavy atom. The number of ether oxygens (including phenoxy) is 2. The Hall–Kier alpha value is -2.88. The van der Waals surface area contributed by atoms with Gasteiger partial charge in [0.15, 0.2) is 16.7 Å². The summed E-state index contributed by atoms with van der Waals surface area (Å²) in [5.41, 5.74) is 0.644. The lowest BCUT2D eigenvalue weighted by molar-refractivity contribution is -0.138. The first kappa shape index (κ1) is 19.4. The van der Waals surface area contributed by atoms with Crippen LogP contribution >= 0.6 is 11.8 Å². The van der Waals surface area contributed by atoms with Crippen LogP contribution in [-0.4, -0.2) is 46.2 Å². The van der Waals surface area contributed by atoms with E-state index in [1.165, 1.54) is 13.1 Å². The van der Waals surface area contributed by atoms with Gasteiger partial charge in [0.1, 0.15) is 5.25 Å². The van der Waals surface area contributed by atoms with E-state index in [4.69, 9.17) is 14.6 Å². The molecule has 2 rings (SSSR count).